The largest absolute Gasteiger partial charge is 0.416 e. The van der Waals surface area contributed by atoms with Crippen molar-refractivity contribution in [3.05, 3.63) is 29.8 Å². The van der Waals surface area contributed by atoms with Crippen molar-refractivity contribution in [1.29, 1.82) is 0 Å². The summed E-state index contributed by atoms with van der Waals surface area (Å²) in [6, 6.07) is 5.09. The Morgan fingerprint density at radius 2 is 1.96 bits per heavy atom. The first-order valence-corrected chi connectivity index (χ1v) is 8.26. The number of ether oxygens (including phenoxy) is 1. The smallest absolute Gasteiger partial charge is 0.383 e. The van der Waals surface area contributed by atoms with E-state index in [-0.39, 0.29) is 11.9 Å². The lowest BCUT2D eigenvalue weighted by Gasteiger charge is -2.38. The molecule has 8 heteroatoms. The second kappa shape index (κ2) is 8.53. The summed E-state index contributed by atoms with van der Waals surface area (Å²) in [5.41, 5.74) is -0.0787. The Hall–Kier alpha value is -1.80. The summed E-state index contributed by atoms with van der Waals surface area (Å²) in [6.45, 7) is 5.16. The lowest BCUT2D eigenvalue weighted by atomic mass is 10.1. The van der Waals surface area contributed by atoms with Gasteiger partial charge in [0.25, 0.3) is 0 Å². The first-order valence-electron chi connectivity index (χ1n) is 8.26. The molecule has 1 N–H and O–H groups in total. The summed E-state index contributed by atoms with van der Waals surface area (Å²) in [6.07, 6.45) is -4.34. The van der Waals surface area contributed by atoms with Crippen molar-refractivity contribution < 1.29 is 22.7 Å². The van der Waals surface area contributed by atoms with Crippen LogP contribution in [0.3, 0.4) is 0 Å². The molecular weight excluding hydrogens is 335 g/mol. The predicted molar refractivity (Wildman–Crippen MR) is 89.6 cm³/mol. The van der Waals surface area contributed by atoms with Gasteiger partial charge >= 0.3 is 6.18 Å². The maximum absolute atomic E-state index is 12.8. The highest BCUT2D eigenvalue weighted by atomic mass is 19.4. The zero-order valence-corrected chi connectivity index (χ0v) is 14.5. The lowest BCUT2D eigenvalue weighted by molar-refractivity contribution is -0.137. The van der Waals surface area contributed by atoms with E-state index >= 15 is 0 Å². The van der Waals surface area contributed by atoms with Gasteiger partial charge in [0.05, 0.1) is 18.2 Å². The van der Waals surface area contributed by atoms with Crippen LogP contribution in [0.2, 0.25) is 0 Å². The van der Waals surface area contributed by atoms with Gasteiger partial charge in [-0.25, -0.2) is 0 Å². The molecule has 1 aromatic carbocycles. The van der Waals surface area contributed by atoms with Gasteiger partial charge in [0.1, 0.15) is 0 Å². The van der Waals surface area contributed by atoms with Crippen molar-refractivity contribution in [3.63, 3.8) is 0 Å². The molecule has 0 aromatic heterocycles. The molecule has 0 aliphatic carbocycles. The minimum Gasteiger partial charge on any atom is -0.383 e. The van der Waals surface area contributed by atoms with Crippen LogP contribution >= 0.6 is 0 Å². The monoisotopic (exact) mass is 359 g/mol. The fraction of sp³-hybridized carbons (Fsp3) is 0.588. The molecule has 1 heterocycles. The topological polar surface area (TPSA) is 44.8 Å². The average Bonchev–Trinajstić information content (AvgIpc) is 2.61. The van der Waals surface area contributed by atoms with Crippen LogP contribution in [-0.4, -0.2) is 63.3 Å². The molecule has 1 fully saturated rings. The van der Waals surface area contributed by atoms with Crippen molar-refractivity contribution in [2.75, 3.05) is 51.3 Å². The molecule has 0 spiro atoms. The van der Waals surface area contributed by atoms with Crippen LogP contribution in [0.5, 0.6) is 0 Å². The third-order valence-electron chi connectivity index (χ3n) is 4.39. The number of alkyl halides is 3. The second-order valence-electron chi connectivity index (χ2n) is 6.03. The normalized spacial score (nSPS) is 17.4. The average molecular weight is 359 g/mol. The zero-order valence-electron chi connectivity index (χ0n) is 14.5. The fourth-order valence-electron chi connectivity index (χ4n) is 2.84. The Morgan fingerprint density at radius 1 is 1.28 bits per heavy atom. The van der Waals surface area contributed by atoms with Crippen LogP contribution in [0, 0.1) is 0 Å². The van der Waals surface area contributed by atoms with Crippen LogP contribution in [0.15, 0.2) is 24.3 Å². The number of nitrogens with one attached hydrogen (secondary N) is 1. The molecule has 1 aliphatic rings. The van der Waals surface area contributed by atoms with Gasteiger partial charge in [-0.05, 0) is 25.1 Å². The molecule has 0 bridgehead atoms. The number of halogens is 3. The molecule has 2 rings (SSSR count). The van der Waals surface area contributed by atoms with E-state index < -0.39 is 11.7 Å². The lowest BCUT2D eigenvalue weighted by Crippen LogP contribution is -2.54. The molecule has 1 atom stereocenters. The molecule has 0 radical (unpaired) electrons. The van der Waals surface area contributed by atoms with E-state index in [2.05, 4.69) is 5.32 Å². The minimum atomic E-state index is -4.34. The van der Waals surface area contributed by atoms with Crippen LogP contribution in [0.25, 0.3) is 0 Å². The van der Waals surface area contributed by atoms with Gasteiger partial charge in [0.15, 0.2) is 0 Å². The number of nitrogens with zero attached hydrogens (tertiary/aromatic N) is 2. The zero-order chi connectivity index (χ0) is 18.4. The second-order valence-corrected chi connectivity index (χ2v) is 6.03. The molecule has 1 saturated heterocycles. The van der Waals surface area contributed by atoms with Crippen molar-refractivity contribution in [3.8, 4) is 0 Å². The fourth-order valence-corrected chi connectivity index (χ4v) is 2.84. The molecule has 140 valence electrons. The molecule has 5 nitrogen and oxygen atoms in total. The molecular formula is C17H24F3N3O2. The van der Waals surface area contributed by atoms with Gasteiger partial charge in [-0.15, -0.1) is 0 Å². The SMILES string of the molecule is COCCNC(=O)[C@@H](C)N1CCN(c2cccc(C(F)(F)F)c2)CC1. The third kappa shape index (κ3) is 5.34. The van der Waals surface area contributed by atoms with Crippen LogP contribution in [0.4, 0.5) is 18.9 Å². The minimum absolute atomic E-state index is 0.0652. The Morgan fingerprint density at radius 3 is 2.56 bits per heavy atom. The molecule has 1 amide bonds. The number of rotatable bonds is 6. The van der Waals surface area contributed by atoms with Crippen LogP contribution < -0.4 is 10.2 Å². The van der Waals surface area contributed by atoms with Gasteiger partial charge < -0.3 is 15.0 Å². The highest BCUT2D eigenvalue weighted by molar-refractivity contribution is 5.81. The van der Waals surface area contributed by atoms with Gasteiger partial charge in [0, 0.05) is 45.5 Å². The standard InChI is InChI=1S/C17H24F3N3O2/c1-13(16(24)21-6-11-25-2)22-7-9-23(10-8-22)15-5-3-4-14(12-15)17(18,19)20/h3-5,12-13H,6-11H2,1-2H3,(H,21,24)/t13-/m1/s1. The Bertz CT molecular complexity index is 573. The van der Waals surface area contributed by atoms with Gasteiger partial charge in [0.2, 0.25) is 5.91 Å². The maximum Gasteiger partial charge on any atom is 0.416 e. The highest BCUT2D eigenvalue weighted by Gasteiger charge is 2.31. The molecule has 25 heavy (non-hydrogen) atoms. The maximum atomic E-state index is 12.8. The first kappa shape index (κ1) is 19.5. The summed E-state index contributed by atoms with van der Waals surface area (Å²) < 4.78 is 43.4. The summed E-state index contributed by atoms with van der Waals surface area (Å²) in [5, 5.41) is 2.80. The highest BCUT2D eigenvalue weighted by Crippen LogP contribution is 2.31. The number of benzene rings is 1. The quantitative estimate of drug-likeness (QED) is 0.789. The Kier molecular flexibility index (Phi) is 6.66. The number of anilines is 1. The van der Waals surface area contributed by atoms with E-state index in [1.165, 1.54) is 12.1 Å². The van der Waals surface area contributed by atoms with Gasteiger partial charge in [-0.2, -0.15) is 13.2 Å². The van der Waals surface area contributed by atoms with E-state index in [0.717, 1.165) is 6.07 Å². The van der Waals surface area contributed by atoms with Crippen molar-refractivity contribution in [1.82, 2.24) is 10.2 Å². The summed E-state index contributed by atoms with van der Waals surface area (Å²) in [4.78, 5) is 16.0. The number of carbonyl (C=O) groups is 1. The molecule has 0 unspecified atom stereocenters. The van der Waals surface area contributed by atoms with Gasteiger partial charge in [-0.3, -0.25) is 9.69 Å². The summed E-state index contributed by atoms with van der Waals surface area (Å²) in [5.74, 6) is -0.0652. The van der Waals surface area contributed by atoms with E-state index in [1.807, 2.05) is 16.7 Å². The Balaban J connectivity index is 1.90. The van der Waals surface area contributed by atoms with Crippen LogP contribution in [0.1, 0.15) is 12.5 Å². The number of hydrogen-bond donors (Lipinski definition) is 1. The van der Waals surface area contributed by atoms with E-state index in [1.54, 1.807) is 13.2 Å². The molecule has 1 aromatic rings. The molecule has 1 aliphatic heterocycles. The number of amides is 1. The summed E-state index contributed by atoms with van der Waals surface area (Å²) in [7, 11) is 1.57. The van der Waals surface area contributed by atoms with Crippen LogP contribution in [-0.2, 0) is 15.7 Å². The first-order chi connectivity index (χ1) is 11.8. The van der Waals surface area contributed by atoms with E-state index in [4.69, 9.17) is 4.74 Å². The van der Waals surface area contributed by atoms with Crippen molar-refractivity contribution in [2.45, 2.75) is 19.1 Å². The van der Waals surface area contributed by atoms with Crippen molar-refractivity contribution >= 4 is 11.6 Å². The number of piperazine rings is 1. The van der Waals surface area contributed by atoms with E-state index in [0.29, 0.717) is 45.0 Å². The van der Waals surface area contributed by atoms with E-state index in [9.17, 15) is 18.0 Å². The molecule has 0 saturated carbocycles. The van der Waals surface area contributed by atoms with Crippen molar-refractivity contribution in [2.24, 2.45) is 0 Å². The number of hydrogen-bond acceptors (Lipinski definition) is 4. The number of methoxy groups -OCH3 is 1. The predicted octanol–water partition coefficient (Wildman–Crippen LogP) is 1.98. The summed E-state index contributed by atoms with van der Waals surface area (Å²) >= 11 is 0. The van der Waals surface area contributed by atoms with Gasteiger partial charge in [-0.1, -0.05) is 6.07 Å². The third-order valence-corrected chi connectivity index (χ3v) is 4.39. The Labute approximate surface area is 145 Å². The number of carbonyl (C=O) groups excluding carboxylic acids is 1.